The number of aromatic nitrogens is 4. The predicted octanol–water partition coefficient (Wildman–Crippen LogP) is 2.48. The summed E-state index contributed by atoms with van der Waals surface area (Å²) in [5.74, 6) is -0.269. The fourth-order valence-corrected chi connectivity index (χ4v) is 3.69. The van der Waals surface area contributed by atoms with E-state index in [4.69, 9.17) is 4.52 Å². The second kappa shape index (κ2) is 9.10. The average molecular weight is 452 g/mol. The number of hydrogen-bond donors (Lipinski definition) is 2. The van der Waals surface area contributed by atoms with Crippen molar-refractivity contribution in [1.29, 1.82) is 0 Å². The molecule has 0 fully saturated rings. The molecule has 2 N–H and O–H groups in total. The number of amides is 2. The minimum atomic E-state index is -0.624. The number of hydrogen-bond acceptors (Lipinski definition) is 8. The lowest BCUT2D eigenvalue weighted by atomic mass is 10.1. The van der Waals surface area contributed by atoms with Gasteiger partial charge in [0, 0.05) is 29.2 Å². The molecule has 0 aliphatic rings. The summed E-state index contributed by atoms with van der Waals surface area (Å²) >= 11 is 1.52. The van der Waals surface area contributed by atoms with Gasteiger partial charge in [-0.15, -0.1) is 0 Å². The molecule has 0 aliphatic heterocycles. The van der Waals surface area contributed by atoms with E-state index in [1.807, 2.05) is 16.8 Å². The highest BCUT2D eigenvalue weighted by atomic mass is 32.1. The molecule has 0 unspecified atom stereocenters. The van der Waals surface area contributed by atoms with Gasteiger partial charge in [0.2, 0.25) is 17.6 Å². The van der Waals surface area contributed by atoms with Gasteiger partial charge in [0.25, 0.3) is 11.5 Å². The molecule has 164 valence electrons. The first kappa shape index (κ1) is 21.4. The standard InChI is InChI=1S/C21H20N6O4S/c1-12(2)27-21(30)15-6-4-3-5-14(15)18(25-27)20(29)24-23-16(28)7-8-17-22-19(26-31-17)13-9-10-32-11-13/h3-6,9-12H,7-8H2,1-2H3,(H,23,28)(H,24,29). The van der Waals surface area contributed by atoms with Gasteiger partial charge in [0.1, 0.15) is 0 Å². The van der Waals surface area contributed by atoms with Crippen molar-refractivity contribution in [2.75, 3.05) is 0 Å². The lowest BCUT2D eigenvalue weighted by molar-refractivity contribution is -0.121. The number of hydrazine groups is 1. The van der Waals surface area contributed by atoms with Crippen molar-refractivity contribution in [3.8, 4) is 11.4 Å². The van der Waals surface area contributed by atoms with E-state index in [-0.39, 0.29) is 30.1 Å². The number of nitrogens with zero attached hydrogens (tertiary/aromatic N) is 4. The molecule has 4 rings (SSSR count). The van der Waals surface area contributed by atoms with E-state index < -0.39 is 11.8 Å². The molecule has 0 saturated carbocycles. The molecule has 0 radical (unpaired) electrons. The first-order valence-corrected chi connectivity index (χ1v) is 10.8. The molecule has 2 amide bonds. The third-order valence-electron chi connectivity index (χ3n) is 4.66. The maximum Gasteiger partial charge on any atom is 0.290 e. The molecule has 3 aromatic heterocycles. The van der Waals surface area contributed by atoms with Crippen LogP contribution in [0.25, 0.3) is 22.2 Å². The minimum Gasteiger partial charge on any atom is -0.339 e. The van der Waals surface area contributed by atoms with Gasteiger partial charge in [0.05, 0.1) is 11.4 Å². The summed E-state index contributed by atoms with van der Waals surface area (Å²) in [4.78, 5) is 41.7. The number of nitrogens with one attached hydrogen (secondary N) is 2. The van der Waals surface area contributed by atoms with Gasteiger partial charge in [-0.2, -0.15) is 21.4 Å². The maximum absolute atomic E-state index is 12.7. The molecular weight excluding hydrogens is 432 g/mol. The summed E-state index contributed by atoms with van der Waals surface area (Å²) in [5.41, 5.74) is 5.34. The number of carbonyl (C=O) groups is 2. The number of carbonyl (C=O) groups excluding carboxylic acids is 2. The number of benzene rings is 1. The van der Waals surface area contributed by atoms with E-state index in [1.165, 1.54) is 16.0 Å². The highest BCUT2D eigenvalue weighted by Gasteiger charge is 2.18. The van der Waals surface area contributed by atoms with Crippen molar-refractivity contribution in [1.82, 2.24) is 30.8 Å². The molecule has 4 aromatic rings. The third kappa shape index (κ3) is 4.42. The molecule has 0 aliphatic carbocycles. The Morgan fingerprint density at radius 3 is 2.66 bits per heavy atom. The molecule has 3 heterocycles. The zero-order valence-electron chi connectivity index (χ0n) is 17.4. The third-order valence-corrected chi connectivity index (χ3v) is 5.34. The summed E-state index contributed by atoms with van der Waals surface area (Å²) in [5, 5.41) is 12.7. The van der Waals surface area contributed by atoms with Crippen molar-refractivity contribution in [3.63, 3.8) is 0 Å². The van der Waals surface area contributed by atoms with Crippen LogP contribution in [-0.4, -0.2) is 31.7 Å². The minimum absolute atomic E-state index is 0.0330. The molecule has 0 spiro atoms. The van der Waals surface area contributed by atoms with E-state index in [0.717, 1.165) is 5.56 Å². The smallest absolute Gasteiger partial charge is 0.290 e. The van der Waals surface area contributed by atoms with Crippen LogP contribution in [0.5, 0.6) is 0 Å². The van der Waals surface area contributed by atoms with E-state index in [9.17, 15) is 14.4 Å². The van der Waals surface area contributed by atoms with Crippen LogP contribution in [0.4, 0.5) is 0 Å². The van der Waals surface area contributed by atoms with E-state index >= 15 is 0 Å². The Morgan fingerprint density at radius 2 is 1.94 bits per heavy atom. The summed E-state index contributed by atoms with van der Waals surface area (Å²) in [6.45, 7) is 3.60. The van der Waals surface area contributed by atoms with Gasteiger partial charge in [-0.3, -0.25) is 25.2 Å². The fraction of sp³-hybridized carbons (Fsp3) is 0.238. The van der Waals surface area contributed by atoms with Gasteiger partial charge in [-0.25, -0.2) is 4.68 Å². The molecule has 1 aromatic carbocycles. The fourth-order valence-electron chi connectivity index (χ4n) is 3.06. The zero-order valence-corrected chi connectivity index (χ0v) is 18.2. The molecule has 11 heteroatoms. The first-order chi connectivity index (χ1) is 15.4. The molecule has 0 saturated heterocycles. The van der Waals surface area contributed by atoms with Gasteiger partial charge in [-0.05, 0) is 31.4 Å². The highest BCUT2D eigenvalue weighted by Crippen LogP contribution is 2.19. The van der Waals surface area contributed by atoms with Crippen molar-refractivity contribution in [3.05, 3.63) is 63.0 Å². The SMILES string of the molecule is CC(C)n1nc(C(=O)NNC(=O)CCc2nc(-c3ccsc3)no2)c2ccccc2c1=O. The van der Waals surface area contributed by atoms with Crippen molar-refractivity contribution in [2.45, 2.75) is 32.7 Å². The number of thiophene rings is 1. The Labute approximate surface area is 186 Å². The Balaban J connectivity index is 1.40. The monoisotopic (exact) mass is 452 g/mol. The second-order valence-electron chi connectivity index (χ2n) is 7.26. The van der Waals surface area contributed by atoms with Crippen molar-refractivity contribution >= 4 is 33.9 Å². The van der Waals surface area contributed by atoms with Crippen molar-refractivity contribution in [2.24, 2.45) is 0 Å². The Kier molecular flexibility index (Phi) is 6.08. The summed E-state index contributed by atoms with van der Waals surface area (Å²) in [6.07, 6.45) is 0.253. The maximum atomic E-state index is 12.7. The van der Waals surface area contributed by atoms with Crippen LogP contribution >= 0.6 is 11.3 Å². The van der Waals surface area contributed by atoms with Crippen LogP contribution in [0.3, 0.4) is 0 Å². The van der Waals surface area contributed by atoms with Crippen molar-refractivity contribution < 1.29 is 14.1 Å². The first-order valence-electron chi connectivity index (χ1n) is 9.90. The van der Waals surface area contributed by atoms with Crippen LogP contribution in [0.15, 0.2) is 50.4 Å². The molecular formula is C21H20N6O4S. The van der Waals surface area contributed by atoms with E-state index in [0.29, 0.717) is 22.5 Å². The van der Waals surface area contributed by atoms with E-state index in [2.05, 4.69) is 26.1 Å². The summed E-state index contributed by atoms with van der Waals surface area (Å²) in [6, 6.07) is 8.36. The van der Waals surface area contributed by atoms with Crippen LogP contribution in [0.1, 0.15) is 42.7 Å². The highest BCUT2D eigenvalue weighted by molar-refractivity contribution is 7.08. The number of fused-ring (bicyclic) bond motifs is 1. The lowest BCUT2D eigenvalue weighted by Gasteiger charge is -2.13. The Hall–Kier alpha value is -3.86. The van der Waals surface area contributed by atoms with Gasteiger partial charge < -0.3 is 4.52 Å². The normalized spacial score (nSPS) is 11.1. The van der Waals surface area contributed by atoms with Crippen LogP contribution in [-0.2, 0) is 11.2 Å². The van der Waals surface area contributed by atoms with E-state index in [1.54, 1.807) is 38.1 Å². The largest absolute Gasteiger partial charge is 0.339 e. The Bertz CT molecular complexity index is 1330. The van der Waals surface area contributed by atoms with Crippen LogP contribution in [0, 0.1) is 0 Å². The molecule has 0 atom stereocenters. The quantitative estimate of drug-likeness (QED) is 0.430. The molecule has 10 nitrogen and oxygen atoms in total. The summed E-state index contributed by atoms with van der Waals surface area (Å²) in [7, 11) is 0. The van der Waals surface area contributed by atoms with Crippen LogP contribution < -0.4 is 16.4 Å². The van der Waals surface area contributed by atoms with Gasteiger partial charge in [-0.1, -0.05) is 23.4 Å². The topological polar surface area (TPSA) is 132 Å². The number of rotatable bonds is 6. The second-order valence-corrected chi connectivity index (χ2v) is 8.04. The van der Waals surface area contributed by atoms with Gasteiger partial charge in [0.15, 0.2) is 5.69 Å². The van der Waals surface area contributed by atoms with Crippen LogP contribution in [0.2, 0.25) is 0 Å². The zero-order chi connectivity index (χ0) is 22.7. The summed E-state index contributed by atoms with van der Waals surface area (Å²) < 4.78 is 6.41. The Morgan fingerprint density at radius 1 is 1.16 bits per heavy atom. The van der Waals surface area contributed by atoms with Gasteiger partial charge >= 0.3 is 0 Å². The molecule has 0 bridgehead atoms. The lowest BCUT2D eigenvalue weighted by Crippen LogP contribution is -2.43. The number of aryl methyl sites for hydroxylation is 1. The predicted molar refractivity (Wildman–Crippen MR) is 118 cm³/mol. The average Bonchev–Trinajstić information content (AvgIpc) is 3.48. The molecule has 32 heavy (non-hydrogen) atoms.